The Balaban J connectivity index is 1.65. The van der Waals surface area contributed by atoms with Crippen molar-refractivity contribution in [2.75, 3.05) is 37.7 Å². The maximum absolute atomic E-state index is 12.6. The number of amides is 1. The van der Waals surface area contributed by atoms with Crippen LogP contribution in [0.25, 0.3) is 0 Å². The second kappa shape index (κ2) is 7.69. The number of carbonyl (C=O) groups is 2. The highest BCUT2D eigenvalue weighted by Gasteiger charge is 2.24. The first kappa shape index (κ1) is 16.8. The lowest BCUT2D eigenvalue weighted by atomic mass is 10.2. The molecule has 1 amide bonds. The van der Waals surface area contributed by atoms with E-state index in [9.17, 15) is 9.59 Å². The molecule has 1 aliphatic heterocycles. The fourth-order valence-electron chi connectivity index (χ4n) is 2.60. The summed E-state index contributed by atoms with van der Waals surface area (Å²) < 4.78 is 4.92. The first-order valence-corrected chi connectivity index (χ1v) is 8.14. The molecule has 0 N–H and O–H groups in total. The van der Waals surface area contributed by atoms with Gasteiger partial charge in [0.25, 0.3) is 5.91 Å². The fraction of sp³-hybridized carbons (Fsp3) is 0.353. The summed E-state index contributed by atoms with van der Waals surface area (Å²) in [6, 6.07) is 6.56. The second-order valence-electron chi connectivity index (χ2n) is 5.46. The Morgan fingerprint density at radius 3 is 2.40 bits per heavy atom. The van der Waals surface area contributed by atoms with Crippen LogP contribution in [0, 0.1) is 0 Å². The Labute approximate surface area is 145 Å². The van der Waals surface area contributed by atoms with E-state index >= 15 is 0 Å². The van der Waals surface area contributed by atoms with Gasteiger partial charge in [0, 0.05) is 38.6 Å². The Bertz CT molecular complexity index is 745. The summed E-state index contributed by atoms with van der Waals surface area (Å²) in [5.74, 6) is -0.0555. The lowest BCUT2D eigenvalue weighted by molar-refractivity contribution is 0.0519. The highest BCUT2D eigenvalue weighted by Crippen LogP contribution is 2.12. The smallest absolute Gasteiger partial charge is 0.356 e. The fourth-order valence-corrected chi connectivity index (χ4v) is 2.60. The number of hydrogen-bond donors (Lipinski definition) is 0. The van der Waals surface area contributed by atoms with Crippen LogP contribution in [0.2, 0.25) is 0 Å². The standard InChI is InChI=1S/C17H19N5O3/c1-2-25-16(24)14-6-3-5-13(20-14)15(23)21-9-11-22(12-10-21)17-18-7-4-8-19-17/h3-8H,2,9-12H2,1H3. The molecule has 3 rings (SSSR count). The largest absolute Gasteiger partial charge is 0.461 e. The number of pyridine rings is 1. The summed E-state index contributed by atoms with van der Waals surface area (Å²) in [6.45, 7) is 4.37. The Hall–Kier alpha value is -3.03. The second-order valence-corrected chi connectivity index (χ2v) is 5.46. The molecule has 1 fully saturated rings. The molecule has 0 aromatic carbocycles. The summed E-state index contributed by atoms with van der Waals surface area (Å²) in [5, 5.41) is 0. The number of esters is 1. The molecule has 0 aliphatic carbocycles. The van der Waals surface area contributed by atoms with Gasteiger partial charge in [-0.1, -0.05) is 6.07 Å². The molecule has 1 saturated heterocycles. The van der Waals surface area contributed by atoms with E-state index in [4.69, 9.17) is 4.74 Å². The van der Waals surface area contributed by atoms with Gasteiger partial charge < -0.3 is 14.5 Å². The molecule has 1 aliphatic rings. The average Bonchev–Trinajstić information content (AvgIpc) is 2.68. The van der Waals surface area contributed by atoms with Crippen molar-refractivity contribution in [1.29, 1.82) is 0 Å². The summed E-state index contributed by atoms with van der Waals surface area (Å²) in [7, 11) is 0. The quantitative estimate of drug-likeness (QED) is 0.767. The molecule has 2 aromatic heterocycles. The summed E-state index contributed by atoms with van der Waals surface area (Å²) in [6.07, 6.45) is 3.40. The summed E-state index contributed by atoms with van der Waals surface area (Å²) in [5.41, 5.74) is 0.388. The van der Waals surface area contributed by atoms with Gasteiger partial charge in [0.2, 0.25) is 5.95 Å². The zero-order valence-corrected chi connectivity index (χ0v) is 14.0. The van der Waals surface area contributed by atoms with Gasteiger partial charge in [-0.2, -0.15) is 0 Å². The van der Waals surface area contributed by atoms with Crippen LogP contribution in [-0.2, 0) is 4.74 Å². The number of aromatic nitrogens is 3. The first-order chi connectivity index (χ1) is 12.2. The normalized spacial score (nSPS) is 14.3. The molecule has 0 bridgehead atoms. The molecular weight excluding hydrogens is 322 g/mol. The maximum Gasteiger partial charge on any atom is 0.356 e. The molecule has 0 saturated carbocycles. The Kier molecular flexibility index (Phi) is 5.17. The average molecular weight is 341 g/mol. The Morgan fingerprint density at radius 1 is 1.04 bits per heavy atom. The zero-order valence-electron chi connectivity index (χ0n) is 14.0. The molecule has 8 nitrogen and oxygen atoms in total. The van der Waals surface area contributed by atoms with Crippen LogP contribution in [0.1, 0.15) is 27.9 Å². The molecule has 130 valence electrons. The minimum Gasteiger partial charge on any atom is -0.461 e. The predicted molar refractivity (Wildman–Crippen MR) is 90.3 cm³/mol. The number of ether oxygens (including phenoxy) is 1. The van der Waals surface area contributed by atoms with Crippen molar-refractivity contribution in [1.82, 2.24) is 19.9 Å². The molecular formula is C17H19N5O3. The molecule has 8 heteroatoms. The van der Waals surface area contributed by atoms with Crippen molar-refractivity contribution < 1.29 is 14.3 Å². The third kappa shape index (κ3) is 3.90. The molecule has 0 atom stereocenters. The highest BCUT2D eigenvalue weighted by atomic mass is 16.5. The van der Waals surface area contributed by atoms with E-state index in [0.717, 1.165) is 0 Å². The van der Waals surface area contributed by atoms with Crippen LogP contribution < -0.4 is 4.90 Å². The van der Waals surface area contributed by atoms with Gasteiger partial charge in [-0.25, -0.2) is 19.7 Å². The van der Waals surface area contributed by atoms with Gasteiger partial charge in [0.15, 0.2) is 0 Å². The van der Waals surface area contributed by atoms with Crippen molar-refractivity contribution in [3.05, 3.63) is 48.0 Å². The van der Waals surface area contributed by atoms with Gasteiger partial charge >= 0.3 is 5.97 Å². The van der Waals surface area contributed by atoms with Crippen LogP contribution >= 0.6 is 0 Å². The number of anilines is 1. The number of nitrogens with zero attached hydrogens (tertiary/aromatic N) is 5. The van der Waals surface area contributed by atoms with Crippen molar-refractivity contribution in [2.24, 2.45) is 0 Å². The summed E-state index contributed by atoms with van der Waals surface area (Å²) >= 11 is 0. The van der Waals surface area contributed by atoms with Crippen LogP contribution in [0.5, 0.6) is 0 Å². The minimum absolute atomic E-state index is 0.143. The van der Waals surface area contributed by atoms with Crippen LogP contribution in [-0.4, -0.2) is 64.5 Å². The molecule has 2 aromatic rings. The van der Waals surface area contributed by atoms with Crippen molar-refractivity contribution in [3.63, 3.8) is 0 Å². The van der Waals surface area contributed by atoms with Crippen LogP contribution in [0.15, 0.2) is 36.7 Å². The van der Waals surface area contributed by atoms with Crippen molar-refractivity contribution in [3.8, 4) is 0 Å². The van der Waals surface area contributed by atoms with Crippen molar-refractivity contribution >= 4 is 17.8 Å². The summed E-state index contributed by atoms with van der Waals surface area (Å²) in [4.78, 5) is 40.7. The topological polar surface area (TPSA) is 88.5 Å². The van der Waals surface area contributed by atoms with E-state index in [0.29, 0.717) is 32.1 Å². The molecule has 3 heterocycles. The van der Waals surface area contributed by atoms with Gasteiger partial charge in [-0.3, -0.25) is 4.79 Å². The van der Waals surface area contributed by atoms with E-state index in [1.165, 1.54) is 0 Å². The third-order valence-corrected chi connectivity index (χ3v) is 3.85. The van der Waals surface area contributed by atoms with E-state index in [1.54, 1.807) is 48.5 Å². The molecule has 0 radical (unpaired) electrons. The first-order valence-electron chi connectivity index (χ1n) is 8.14. The molecule has 0 unspecified atom stereocenters. The van der Waals surface area contributed by atoms with E-state index < -0.39 is 5.97 Å². The number of piperazine rings is 1. The molecule has 25 heavy (non-hydrogen) atoms. The lowest BCUT2D eigenvalue weighted by Gasteiger charge is -2.34. The van der Waals surface area contributed by atoms with Crippen molar-refractivity contribution in [2.45, 2.75) is 6.92 Å². The SMILES string of the molecule is CCOC(=O)c1cccc(C(=O)N2CCN(c3ncccn3)CC2)n1. The lowest BCUT2D eigenvalue weighted by Crippen LogP contribution is -2.49. The van der Waals surface area contributed by atoms with Gasteiger partial charge in [0.1, 0.15) is 11.4 Å². The number of carbonyl (C=O) groups excluding carboxylic acids is 2. The third-order valence-electron chi connectivity index (χ3n) is 3.85. The van der Waals surface area contributed by atoms with Gasteiger partial charge in [-0.05, 0) is 25.1 Å². The highest BCUT2D eigenvalue weighted by molar-refractivity contribution is 5.94. The Morgan fingerprint density at radius 2 is 1.72 bits per heavy atom. The van der Waals surface area contributed by atoms with E-state index in [1.807, 2.05) is 4.90 Å². The maximum atomic E-state index is 12.6. The van der Waals surface area contributed by atoms with E-state index in [-0.39, 0.29) is 23.9 Å². The predicted octanol–water partition coefficient (Wildman–Crippen LogP) is 1.01. The monoisotopic (exact) mass is 341 g/mol. The van der Waals surface area contributed by atoms with Crippen LogP contribution in [0.3, 0.4) is 0 Å². The minimum atomic E-state index is -0.525. The zero-order chi connectivity index (χ0) is 17.6. The van der Waals surface area contributed by atoms with Crippen LogP contribution in [0.4, 0.5) is 5.95 Å². The molecule has 0 spiro atoms. The van der Waals surface area contributed by atoms with Gasteiger partial charge in [-0.15, -0.1) is 0 Å². The number of rotatable bonds is 4. The van der Waals surface area contributed by atoms with Gasteiger partial charge in [0.05, 0.1) is 6.61 Å². The number of hydrogen-bond acceptors (Lipinski definition) is 7. The van der Waals surface area contributed by atoms with E-state index in [2.05, 4.69) is 15.0 Å².